The molecular weight excluding hydrogens is 352 g/mol. The van der Waals surface area contributed by atoms with Gasteiger partial charge < -0.3 is 14.6 Å². The number of methoxy groups -OCH3 is 1. The highest BCUT2D eigenvalue weighted by Gasteiger charge is 2.31. The summed E-state index contributed by atoms with van der Waals surface area (Å²) in [5.41, 5.74) is 4.95. The third-order valence-corrected chi connectivity index (χ3v) is 5.26. The fourth-order valence-electron chi connectivity index (χ4n) is 3.98. The largest absolute Gasteiger partial charge is 0.494 e. The smallest absolute Gasteiger partial charge is 0.144 e. The maximum absolute atomic E-state index is 5.49. The molecular formula is C21H21N6O. The van der Waals surface area contributed by atoms with Gasteiger partial charge in [0.15, 0.2) is 0 Å². The summed E-state index contributed by atoms with van der Waals surface area (Å²) < 4.78 is 5.49. The summed E-state index contributed by atoms with van der Waals surface area (Å²) in [6.45, 7) is 3.03. The zero-order chi connectivity index (χ0) is 19.1. The number of nitrogens with zero attached hydrogens (tertiary/aromatic N) is 5. The van der Waals surface area contributed by atoms with Gasteiger partial charge in [-0.3, -0.25) is 0 Å². The van der Waals surface area contributed by atoms with Crippen molar-refractivity contribution in [2.24, 2.45) is 0 Å². The van der Waals surface area contributed by atoms with Crippen LogP contribution in [0.25, 0.3) is 16.7 Å². The maximum Gasteiger partial charge on any atom is 0.144 e. The van der Waals surface area contributed by atoms with Gasteiger partial charge in [-0.15, -0.1) is 4.80 Å². The standard InChI is InChI=1S/C21H21N6O/c1-14-8-9-16(27-22-10-11-23-27)18(13-14)26-12-4-6-17(26)21-24-15-5-3-7-19(28-2)20(15)25-21/h3,5,7-8,10-11,13,17H,4,6,12H2,1-2H3,(H,24,25)/t17-/m0/s1. The molecule has 4 aromatic rings. The van der Waals surface area contributed by atoms with E-state index in [0.29, 0.717) is 0 Å². The van der Waals surface area contributed by atoms with Crippen LogP contribution in [0.15, 0.2) is 42.7 Å². The van der Waals surface area contributed by atoms with Gasteiger partial charge in [0.1, 0.15) is 22.8 Å². The van der Waals surface area contributed by atoms with E-state index >= 15 is 0 Å². The summed E-state index contributed by atoms with van der Waals surface area (Å²) in [6.07, 6.45) is 5.50. The van der Waals surface area contributed by atoms with Crippen molar-refractivity contribution in [3.05, 3.63) is 60.2 Å². The highest BCUT2D eigenvalue weighted by molar-refractivity contribution is 5.82. The molecule has 1 saturated heterocycles. The number of hydrogen-bond acceptors (Lipinski definition) is 5. The number of rotatable bonds is 4. The van der Waals surface area contributed by atoms with Gasteiger partial charge in [-0.1, -0.05) is 6.07 Å². The number of anilines is 1. The van der Waals surface area contributed by atoms with Gasteiger partial charge in [-0.2, -0.15) is 10.2 Å². The highest BCUT2D eigenvalue weighted by atomic mass is 16.5. The second-order valence-corrected chi connectivity index (χ2v) is 7.06. The van der Waals surface area contributed by atoms with Crippen LogP contribution in [-0.2, 0) is 0 Å². The monoisotopic (exact) mass is 373 g/mol. The Hall–Kier alpha value is -3.35. The SMILES string of the molecule is COc1cccc2nc([C@@H]3CCCN3c3cc(C)c[c]c3-n3nccn3)[nH]c12. The first-order chi connectivity index (χ1) is 13.7. The van der Waals surface area contributed by atoms with E-state index in [0.717, 1.165) is 58.9 Å². The molecule has 1 aliphatic rings. The second-order valence-electron chi connectivity index (χ2n) is 7.06. The lowest BCUT2D eigenvalue weighted by Gasteiger charge is -2.27. The molecule has 5 rings (SSSR count). The number of fused-ring (bicyclic) bond motifs is 1. The van der Waals surface area contributed by atoms with E-state index in [2.05, 4.69) is 39.1 Å². The molecule has 1 fully saturated rings. The molecule has 7 nitrogen and oxygen atoms in total. The maximum atomic E-state index is 5.49. The van der Waals surface area contributed by atoms with Crippen LogP contribution in [0.5, 0.6) is 5.75 Å². The van der Waals surface area contributed by atoms with Crippen molar-refractivity contribution in [1.82, 2.24) is 25.0 Å². The van der Waals surface area contributed by atoms with Crippen LogP contribution < -0.4 is 9.64 Å². The summed E-state index contributed by atoms with van der Waals surface area (Å²) in [7, 11) is 1.68. The molecule has 7 heteroatoms. The van der Waals surface area contributed by atoms with Gasteiger partial charge in [-0.05, 0) is 49.6 Å². The first-order valence-corrected chi connectivity index (χ1v) is 9.43. The molecule has 1 radical (unpaired) electrons. The number of imidazole rings is 1. The van der Waals surface area contributed by atoms with E-state index in [-0.39, 0.29) is 6.04 Å². The van der Waals surface area contributed by atoms with Gasteiger partial charge >= 0.3 is 0 Å². The Morgan fingerprint density at radius 3 is 2.93 bits per heavy atom. The summed E-state index contributed by atoms with van der Waals surface area (Å²) in [6, 6.07) is 13.6. The molecule has 1 atom stereocenters. The summed E-state index contributed by atoms with van der Waals surface area (Å²) in [4.78, 5) is 12.4. The van der Waals surface area contributed by atoms with Crippen molar-refractivity contribution in [3.8, 4) is 11.4 Å². The number of H-pyrrole nitrogens is 1. The number of para-hydroxylation sites is 1. The van der Waals surface area contributed by atoms with Crippen molar-refractivity contribution in [2.75, 3.05) is 18.6 Å². The number of benzene rings is 2. The van der Waals surface area contributed by atoms with Crippen molar-refractivity contribution < 1.29 is 4.74 Å². The van der Waals surface area contributed by atoms with E-state index < -0.39 is 0 Å². The van der Waals surface area contributed by atoms with Crippen molar-refractivity contribution in [1.29, 1.82) is 0 Å². The Morgan fingerprint density at radius 1 is 1.25 bits per heavy atom. The molecule has 2 aromatic carbocycles. The third-order valence-electron chi connectivity index (χ3n) is 5.26. The van der Waals surface area contributed by atoms with E-state index in [9.17, 15) is 0 Å². The minimum atomic E-state index is 0.154. The molecule has 1 N–H and O–H groups in total. The third kappa shape index (κ3) is 2.70. The molecule has 0 amide bonds. The van der Waals surface area contributed by atoms with Crippen LogP contribution in [0.4, 0.5) is 5.69 Å². The van der Waals surface area contributed by atoms with Crippen LogP contribution in [0.1, 0.15) is 30.3 Å². The van der Waals surface area contributed by atoms with E-state index in [1.807, 2.05) is 24.3 Å². The predicted molar refractivity (Wildman–Crippen MR) is 107 cm³/mol. The average Bonchev–Trinajstić information content (AvgIpc) is 3.46. The summed E-state index contributed by atoms with van der Waals surface area (Å²) in [5, 5.41) is 8.62. The molecule has 1 aliphatic heterocycles. The fraction of sp³-hybridized carbons (Fsp3) is 0.286. The van der Waals surface area contributed by atoms with Crippen molar-refractivity contribution in [2.45, 2.75) is 25.8 Å². The van der Waals surface area contributed by atoms with Crippen LogP contribution >= 0.6 is 0 Å². The zero-order valence-corrected chi connectivity index (χ0v) is 15.9. The Bertz CT molecular complexity index is 1120. The lowest BCUT2D eigenvalue weighted by molar-refractivity contribution is 0.419. The lowest BCUT2D eigenvalue weighted by Crippen LogP contribution is -2.25. The minimum absolute atomic E-state index is 0.154. The van der Waals surface area contributed by atoms with E-state index in [4.69, 9.17) is 9.72 Å². The van der Waals surface area contributed by atoms with E-state index in [1.165, 1.54) is 0 Å². The normalized spacial score (nSPS) is 16.8. The van der Waals surface area contributed by atoms with Gasteiger partial charge in [0, 0.05) is 12.6 Å². The molecule has 0 bridgehead atoms. The molecule has 0 aliphatic carbocycles. The molecule has 28 heavy (non-hydrogen) atoms. The number of hydrogen-bond donors (Lipinski definition) is 1. The molecule has 0 unspecified atom stereocenters. The number of ether oxygens (including phenoxy) is 1. The van der Waals surface area contributed by atoms with Crippen molar-refractivity contribution in [3.63, 3.8) is 0 Å². The molecule has 0 spiro atoms. The lowest BCUT2D eigenvalue weighted by atomic mass is 10.1. The number of nitrogens with one attached hydrogen (secondary N) is 1. The Morgan fingerprint density at radius 2 is 2.11 bits per heavy atom. The topological polar surface area (TPSA) is 71.9 Å². The average molecular weight is 373 g/mol. The van der Waals surface area contributed by atoms with Crippen LogP contribution in [0, 0.1) is 13.0 Å². The van der Waals surface area contributed by atoms with Gasteiger partial charge in [-0.25, -0.2) is 4.98 Å². The number of aromatic nitrogens is 5. The predicted octanol–water partition coefficient (Wildman–Crippen LogP) is 3.60. The van der Waals surface area contributed by atoms with Gasteiger partial charge in [0.25, 0.3) is 0 Å². The molecule has 0 saturated carbocycles. The quantitative estimate of drug-likeness (QED) is 0.592. The highest BCUT2D eigenvalue weighted by Crippen LogP contribution is 2.39. The second kappa shape index (κ2) is 6.67. The molecule has 2 aromatic heterocycles. The Balaban J connectivity index is 1.60. The van der Waals surface area contributed by atoms with Crippen LogP contribution in [0.2, 0.25) is 0 Å². The number of aromatic amines is 1. The Labute approximate surface area is 163 Å². The summed E-state index contributed by atoms with van der Waals surface area (Å²) >= 11 is 0. The Kier molecular flexibility index (Phi) is 4.00. The number of aryl methyl sites for hydroxylation is 1. The molecule has 141 valence electrons. The van der Waals surface area contributed by atoms with Crippen LogP contribution in [-0.4, -0.2) is 38.6 Å². The van der Waals surface area contributed by atoms with Gasteiger partial charge in [0.2, 0.25) is 0 Å². The van der Waals surface area contributed by atoms with Gasteiger partial charge in [0.05, 0.1) is 36.7 Å². The van der Waals surface area contributed by atoms with E-state index in [1.54, 1.807) is 24.3 Å². The fourth-order valence-corrected chi connectivity index (χ4v) is 3.98. The molecule has 3 heterocycles. The first kappa shape index (κ1) is 16.8. The minimum Gasteiger partial charge on any atom is -0.494 e. The first-order valence-electron chi connectivity index (χ1n) is 9.43. The zero-order valence-electron chi connectivity index (χ0n) is 15.9. The summed E-state index contributed by atoms with van der Waals surface area (Å²) in [5.74, 6) is 1.77. The van der Waals surface area contributed by atoms with Crippen LogP contribution in [0.3, 0.4) is 0 Å². The van der Waals surface area contributed by atoms with Crippen molar-refractivity contribution >= 4 is 16.7 Å².